The summed E-state index contributed by atoms with van der Waals surface area (Å²) in [5.74, 6) is 0.771. The van der Waals surface area contributed by atoms with Gasteiger partial charge in [0.05, 0.1) is 7.11 Å². The predicted octanol–water partition coefficient (Wildman–Crippen LogP) is 4.03. The maximum absolute atomic E-state index is 12.5. The first kappa shape index (κ1) is 15.7. The van der Waals surface area contributed by atoms with Crippen LogP contribution >= 0.6 is 15.9 Å². The van der Waals surface area contributed by atoms with Gasteiger partial charge in [-0.2, -0.15) is 0 Å². The molecule has 110 valence electrons. The zero-order chi connectivity index (χ0) is 15.2. The fraction of sp³-hybridized carbons (Fsp3) is 0.235. The average Bonchev–Trinajstić information content (AvgIpc) is 2.56. The molecule has 0 saturated heterocycles. The Morgan fingerprint density at radius 2 is 1.62 bits per heavy atom. The smallest absolute Gasteiger partial charge is 0.179 e. The first-order valence-electron chi connectivity index (χ1n) is 6.57. The van der Waals surface area contributed by atoms with E-state index < -0.39 is 4.83 Å². The number of halogens is 1. The number of rotatable bonds is 6. The van der Waals surface area contributed by atoms with Crippen molar-refractivity contribution < 1.29 is 14.3 Å². The summed E-state index contributed by atoms with van der Waals surface area (Å²) in [6.45, 7) is 0. The summed E-state index contributed by atoms with van der Waals surface area (Å²) in [5.41, 5.74) is 1.58. The second-order valence-corrected chi connectivity index (χ2v) is 5.55. The molecule has 0 aliphatic heterocycles. The van der Waals surface area contributed by atoms with Crippen LogP contribution in [-0.2, 0) is 4.74 Å². The highest BCUT2D eigenvalue weighted by molar-refractivity contribution is 9.10. The first-order valence-corrected chi connectivity index (χ1v) is 7.49. The second-order valence-electron chi connectivity index (χ2n) is 4.56. The summed E-state index contributed by atoms with van der Waals surface area (Å²) < 4.78 is 10.6. The van der Waals surface area contributed by atoms with Crippen molar-refractivity contribution in [1.29, 1.82) is 0 Å². The molecule has 0 radical (unpaired) electrons. The molecule has 0 bridgehead atoms. The molecule has 0 saturated carbocycles. The van der Waals surface area contributed by atoms with Gasteiger partial charge in [-0.1, -0.05) is 58.4 Å². The van der Waals surface area contributed by atoms with Crippen molar-refractivity contribution in [2.75, 3.05) is 14.2 Å². The Morgan fingerprint density at radius 1 is 1.00 bits per heavy atom. The molecule has 0 fully saturated rings. The third kappa shape index (κ3) is 3.71. The van der Waals surface area contributed by atoms with Crippen LogP contribution < -0.4 is 4.74 Å². The van der Waals surface area contributed by atoms with Gasteiger partial charge in [0.1, 0.15) is 16.7 Å². The van der Waals surface area contributed by atoms with E-state index in [-0.39, 0.29) is 11.9 Å². The molecule has 0 aliphatic rings. The van der Waals surface area contributed by atoms with Crippen molar-refractivity contribution in [2.45, 2.75) is 10.9 Å². The minimum Gasteiger partial charge on any atom is -0.497 e. The Labute approximate surface area is 133 Å². The Hall–Kier alpha value is -1.65. The van der Waals surface area contributed by atoms with Gasteiger partial charge in [0.15, 0.2) is 5.78 Å². The number of carbonyl (C=O) groups is 1. The molecule has 0 N–H and O–H groups in total. The molecule has 2 aromatic rings. The molecule has 0 spiro atoms. The number of hydrogen-bond acceptors (Lipinski definition) is 3. The minimum absolute atomic E-state index is 0.00160. The lowest BCUT2D eigenvalue weighted by atomic mass is 10.00. The van der Waals surface area contributed by atoms with Crippen LogP contribution in [-0.4, -0.2) is 24.8 Å². The molecule has 2 aromatic carbocycles. The SMILES string of the molecule is COc1ccc(C(OC)C(Br)C(=O)c2ccccc2)cc1. The minimum atomic E-state index is -0.446. The van der Waals surface area contributed by atoms with E-state index in [4.69, 9.17) is 9.47 Å². The molecule has 4 heteroatoms. The predicted molar refractivity (Wildman–Crippen MR) is 86.2 cm³/mol. The number of carbonyl (C=O) groups excluding carboxylic acids is 1. The molecule has 2 unspecified atom stereocenters. The van der Waals surface area contributed by atoms with E-state index in [9.17, 15) is 4.79 Å². The van der Waals surface area contributed by atoms with Crippen LogP contribution in [0, 0.1) is 0 Å². The van der Waals surface area contributed by atoms with Crippen LogP contribution in [0.2, 0.25) is 0 Å². The van der Waals surface area contributed by atoms with Crippen molar-refractivity contribution in [3.05, 3.63) is 65.7 Å². The van der Waals surface area contributed by atoms with Crippen LogP contribution in [0.15, 0.2) is 54.6 Å². The fourth-order valence-electron chi connectivity index (χ4n) is 2.12. The van der Waals surface area contributed by atoms with Crippen molar-refractivity contribution in [3.63, 3.8) is 0 Å². The fourth-order valence-corrected chi connectivity index (χ4v) is 2.90. The van der Waals surface area contributed by atoms with Crippen LogP contribution in [0.1, 0.15) is 22.0 Å². The number of alkyl halides is 1. The molecule has 2 atom stereocenters. The van der Waals surface area contributed by atoms with Crippen molar-refractivity contribution in [2.24, 2.45) is 0 Å². The summed E-state index contributed by atoms with van der Waals surface area (Å²) in [4.78, 5) is 12.0. The summed E-state index contributed by atoms with van der Waals surface area (Å²) in [7, 11) is 3.22. The van der Waals surface area contributed by atoms with Gasteiger partial charge in [-0.3, -0.25) is 4.79 Å². The van der Waals surface area contributed by atoms with Crippen molar-refractivity contribution >= 4 is 21.7 Å². The lowest BCUT2D eigenvalue weighted by Crippen LogP contribution is -2.24. The lowest BCUT2D eigenvalue weighted by molar-refractivity contribution is 0.0770. The van der Waals surface area contributed by atoms with Gasteiger partial charge < -0.3 is 9.47 Å². The number of methoxy groups -OCH3 is 2. The monoisotopic (exact) mass is 348 g/mol. The quantitative estimate of drug-likeness (QED) is 0.584. The van der Waals surface area contributed by atoms with Crippen LogP contribution in [0.4, 0.5) is 0 Å². The Bertz CT molecular complexity index is 581. The van der Waals surface area contributed by atoms with E-state index >= 15 is 0 Å². The third-order valence-corrected chi connectivity index (χ3v) is 4.17. The van der Waals surface area contributed by atoms with E-state index in [0.29, 0.717) is 5.56 Å². The zero-order valence-corrected chi connectivity index (χ0v) is 13.5. The number of ether oxygens (including phenoxy) is 2. The largest absolute Gasteiger partial charge is 0.497 e. The van der Waals surface area contributed by atoms with Gasteiger partial charge in [-0.05, 0) is 17.7 Å². The van der Waals surface area contributed by atoms with E-state index in [1.807, 2.05) is 42.5 Å². The lowest BCUT2D eigenvalue weighted by Gasteiger charge is -2.21. The van der Waals surface area contributed by atoms with E-state index in [1.165, 1.54) is 0 Å². The van der Waals surface area contributed by atoms with Crippen LogP contribution in [0.3, 0.4) is 0 Å². The molecule has 0 amide bonds. The van der Waals surface area contributed by atoms with Crippen LogP contribution in [0.25, 0.3) is 0 Å². The molecule has 3 nitrogen and oxygen atoms in total. The second kappa shape index (κ2) is 7.38. The highest BCUT2D eigenvalue weighted by atomic mass is 79.9. The average molecular weight is 349 g/mol. The standard InChI is InChI=1S/C17H17BrO3/c1-20-14-10-8-13(9-11-14)17(21-2)15(18)16(19)12-6-4-3-5-7-12/h3-11,15,17H,1-2H3. The molecule has 0 heterocycles. The molecule has 0 aromatic heterocycles. The zero-order valence-electron chi connectivity index (χ0n) is 12.0. The summed E-state index contributed by atoms with van der Waals surface area (Å²) in [6, 6.07) is 16.7. The third-order valence-electron chi connectivity index (χ3n) is 3.27. The van der Waals surface area contributed by atoms with Crippen molar-refractivity contribution in [1.82, 2.24) is 0 Å². The molecule has 2 rings (SSSR count). The van der Waals surface area contributed by atoms with Crippen LogP contribution in [0.5, 0.6) is 5.75 Å². The van der Waals surface area contributed by atoms with Gasteiger partial charge in [-0.25, -0.2) is 0 Å². The summed E-state index contributed by atoms with van der Waals surface area (Å²) >= 11 is 3.47. The Kier molecular flexibility index (Phi) is 5.53. The number of Topliss-reactive ketones (excluding diaryl/α,β-unsaturated/α-hetero) is 1. The van der Waals surface area contributed by atoms with Gasteiger partial charge in [0.25, 0.3) is 0 Å². The topological polar surface area (TPSA) is 35.5 Å². The highest BCUT2D eigenvalue weighted by Gasteiger charge is 2.28. The summed E-state index contributed by atoms with van der Waals surface area (Å²) in [6.07, 6.45) is -0.358. The van der Waals surface area contributed by atoms with Gasteiger partial charge >= 0.3 is 0 Å². The van der Waals surface area contributed by atoms with E-state index in [1.54, 1.807) is 26.4 Å². The molecular formula is C17H17BrO3. The number of ketones is 1. The molecular weight excluding hydrogens is 332 g/mol. The number of hydrogen-bond donors (Lipinski definition) is 0. The van der Waals surface area contributed by atoms with Gasteiger partial charge in [0, 0.05) is 12.7 Å². The van der Waals surface area contributed by atoms with Gasteiger partial charge in [0.2, 0.25) is 0 Å². The van der Waals surface area contributed by atoms with Gasteiger partial charge in [-0.15, -0.1) is 0 Å². The Morgan fingerprint density at radius 3 is 2.14 bits per heavy atom. The number of benzene rings is 2. The Balaban J connectivity index is 2.21. The maximum atomic E-state index is 12.5. The molecule has 21 heavy (non-hydrogen) atoms. The molecule has 0 aliphatic carbocycles. The van der Waals surface area contributed by atoms with E-state index in [2.05, 4.69) is 15.9 Å². The van der Waals surface area contributed by atoms with Crippen molar-refractivity contribution in [3.8, 4) is 5.75 Å². The summed E-state index contributed by atoms with van der Waals surface area (Å²) in [5, 5.41) is 0. The normalized spacial score (nSPS) is 13.5. The highest BCUT2D eigenvalue weighted by Crippen LogP contribution is 2.29. The first-order chi connectivity index (χ1) is 10.2. The maximum Gasteiger partial charge on any atom is 0.179 e. The van der Waals surface area contributed by atoms with E-state index in [0.717, 1.165) is 11.3 Å².